The molecule has 3 nitrogen and oxygen atoms in total. The molecule has 3 heteroatoms. The predicted molar refractivity (Wildman–Crippen MR) is 45.2 cm³/mol. The van der Waals surface area contributed by atoms with E-state index in [0.29, 0.717) is 6.42 Å². The Bertz CT molecular complexity index is 86.2. The van der Waals surface area contributed by atoms with E-state index in [-0.39, 0.29) is 0 Å². The van der Waals surface area contributed by atoms with Gasteiger partial charge in [0.1, 0.15) is 0 Å². The maximum absolute atomic E-state index is 8.56. The number of hydrogen-bond donors (Lipinski definition) is 2. The zero-order valence-corrected chi connectivity index (χ0v) is 7.45. The van der Waals surface area contributed by atoms with E-state index in [1.54, 1.807) is 0 Å². The highest BCUT2D eigenvalue weighted by atomic mass is 16.5. The van der Waals surface area contributed by atoms with E-state index >= 15 is 0 Å². The Hall–Kier alpha value is -0.120. The van der Waals surface area contributed by atoms with Gasteiger partial charge in [0.2, 0.25) is 0 Å². The van der Waals surface area contributed by atoms with Gasteiger partial charge in [-0.05, 0) is 20.0 Å². The summed E-state index contributed by atoms with van der Waals surface area (Å²) in [6.07, 6.45) is 1.66. The number of hydrogen-bond acceptors (Lipinski definition) is 3. The molecule has 0 aromatic carbocycles. The highest BCUT2D eigenvalue weighted by Gasteiger charge is 2.00. The molecule has 2 N–H and O–H groups in total. The topological polar surface area (TPSA) is 43.7 Å². The van der Waals surface area contributed by atoms with E-state index in [1.807, 2.05) is 7.05 Å². The quantitative estimate of drug-likeness (QED) is 0.555. The first-order chi connectivity index (χ1) is 5.16. The molecular weight excluding hydrogens is 142 g/mol. The summed E-state index contributed by atoms with van der Waals surface area (Å²) in [5, 5.41) is 17.1. The maximum Gasteiger partial charge on any atom is 0.152 e. The minimum Gasteiger partial charge on any atom is -0.368 e. The number of aliphatic hydroxyl groups is 2. The van der Waals surface area contributed by atoms with Crippen molar-refractivity contribution >= 4 is 0 Å². The Kier molecular flexibility index (Phi) is 6.51. The summed E-state index contributed by atoms with van der Waals surface area (Å²) in [5.41, 5.74) is 0. The van der Waals surface area contributed by atoms with Crippen LogP contribution >= 0.6 is 0 Å². The fourth-order valence-electron chi connectivity index (χ4n) is 0.876. The molecule has 0 unspecified atom stereocenters. The summed E-state index contributed by atoms with van der Waals surface area (Å²) in [5.74, 6) is 0. The van der Waals surface area contributed by atoms with E-state index in [9.17, 15) is 0 Å². The van der Waals surface area contributed by atoms with Crippen LogP contribution in [0.4, 0.5) is 0 Å². The van der Waals surface area contributed by atoms with Gasteiger partial charge in [-0.15, -0.1) is 0 Å². The Labute approximate surface area is 68.6 Å². The van der Waals surface area contributed by atoms with Crippen LogP contribution in [0.3, 0.4) is 0 Å². The third-order valence-corrected chi connectivity index (χ3v) is 1.66. The monoisotopic (exact) mass is 161 g/mol. The molecule has 0 aromatic heterocycles. The average molecular weight is 161 g/mol. The van der Waals surface area contributed by atoms with Crippen molar-refractivity contribution in [1.82, 2.24) is 4.90 Å². The first kappa shape index (κ1) is 10.9. The zero-order valence-electron chi connectivity index (χ0n) is 7.45. The molecule has 68 valence electrons. The van der Waals surface area contributed by atoms with Crippen molar-refractivity contribution in [3.8, 4) is 0 Å². The van der Waals surface area contributed by atoms with Gasteiger partial charge >= 0.3 is 0 Å². The lowest BCUT2D eigenvalue weighted by molar-refractivity contribution is -0.0492. The van der Waals surface area contributed by atoms with Crippen LogP contribution < -0.4 is 0 Å². The van der Waals surface area contributed by atoms with Gasteiger partial charge < -0.3 is 15.1 Å². The van der Waals surface area contributed by atoms with Crippen LogP contribution in [0.1, 0.15) is 26.2 Å². The van der Waals surface area contributed by atoms with Crippen LogP contribution in [0.25, 0.3) is 0 Å². The molecule has 0 saturated carbocycles. The molecular formula is C8H19NO2. The van der Waals surface area contributed by atoms with Gasteiger partial charge in [0.05, 0.1) is 0 Å². The molecule has 11 heavy (non-hydrogen) atoms. The lowest BCUT2D eigenvalue weighted by atomic mass is 10.3. The van der Waals surface area contributed by atoms with Crippen LogP contribution in [-0.2, 0) is 0 Å². The van der Waals surface area contributed by atoms with Gasteiger partial charge in [-0.2, -0.15) is 0 Å². The zero-order chi connectivity index (χ0) is 8.69. The third-order valence-electron chi connectivity index (χ3n) is 1.66. The number of aliphatic hydroxyl groups excluding tert-OH is 1. The van der Waals surface area contributed by atoms with Crippen molar-refractivity contribution < 1.29 is 10.2 Å². The van der Waals surface area contributed by atoms with Crippen molar-refractivity contribution in [2.75, 3.05) is 20.1 Å². The standard InChI is InChI=1S/C8H19NO2/c1-3-4-6-9(2)7-5-8(10)11/h8,10-11H,3-7H2,1-2H3. The fraction of sp³-hybridized carbons (Fsp3) is 1.00. The largest absolute Gasteiger partial charge is 0.368 e. The second kappa shape index (κ2) is 6.58. The van der Waals surface area contributed by atoms with Crippen LogP contribution in [-0.4, -0.2) is 41.5 Å². The molecule has 0 heterocycles. The van der Waals surface area contributed by atoms with Crippen LogP contribution in [0.15, 0.2) is 0 Å². The molecule has 0 atom stereocenters. The van der Waals surface area contributed by atoms with Gasteiger partial charge in [0, 0.05) is 13.0 Å². The molecule has 0 bridgehead atoms. The van der Waals surface area contributed by atoms with E-state index in [2.05, 4.69) is 11.8 Å². The predicted octanol–water partition coefficient (Wildman–Crippen LogP) is 0.419. The number of nitrogens with zero attached hydrogens (tertiary/aromatic N) is 1. The summed E-state index contributed by atoms with van der Waals surface area (Å²) < 4.78 is 0. The molecule has 0 fully saturated rings. The third kappa shape index (κ3) is 7.78. The molecule has 0 aliphatic carbocycles. The SMILES string of the molecule is CCCCN(C)CCC(O)O. The van der Waals surface area contributed by atoms with E-state index in [1.165, 1.54) is 12.8 Å². The Morgan fingerprint density at radius 1 is 1.27 bits per heavy atom. The number of rotatable bonds is 6. The van der Waals surface area contributed by atoms with Gasteiger partial charge in [0.15, 0.2) is 6.29 Å². The van der Waals surface area contributed by atoms with Crippen LogP contribution in [0.5, 0.6) is 0 Å². The lowest BCUT2D eigenvalue weighted by Gasteiger charge is -2.16. The molecule has 0 aliphatic heterocycles. The molecule has 0 spiro atoms. The fourth-order valence-corrected chi connectivity index (χ4v) is 0.876. The number of unbranched alkanes of at least 4 members (excludes halogenated alkanes) is 1. The van der Waals surface area contributed by atoms with Crippen LogP contribution in [0, 0.1) is 0 Å². The second-order valence-corrected chi connectivity index (χ2v) is 2.93. The molecule has 0 rings (SSSR count). The van der Waals surface area contributed by atoms with Gasteiger partial charge in [-0.25, -0.2) is 0 Å². The average Bonchev–Trinajstić information content (AvgIpc) is 1.97. The van der Waals surface area contributed by atoms with Gasteiger partial charge in [0.25, 0.3) is 0 Å². The first-order valence-electron chi connectivity index (χ1n) is 4.21. The van der Waals surface area contributed by atoms with Crippen molar-refractivity contribution in [2.45, 2.75) is 32.5 Å². The van der Waals surface area contributed by atoms with E-state index in [4.69, 9.17) is 10.2 Å². The minimum atomic E-state index is -1.15. The summed E-state index contributed by atoms with van der Waals surface area (Å²) in [7, 11) is 2.00. The van der Waals surface area contributed by atoms with E-state index in [0.717, 1.165) is 13.1 Å². The first-order valence-corrected chi connectivity index (χ1v) is 4.21. The Balaban J connectivity index is 3.15. The van der Waals surface area contributed by atoms with Crippen molar-refractivity contribution in [2.24, 2.45) is 0 Å². The highest BCUT2D eigenvalue weighted by Crippen LogP contribution is 1.94. The Morgan fingerprint density at radius 3 is 2.36 bits per heavy atom. The van der Waals surface area contributed by atoms with Crippen molar-refractivity contribution in [1.29, 1.82) is 0 Å². The highest BCUT2D eigenvalue weighted by molar-refractivity contribution is 4.51. The minimum absolute atomic E-state index is 0.445. The van der Waals surface area contributed by atoms with Gasteiger partial charge in [-0.1, -0.05) is 13.3 Å². The second-order valence-electron chi connectivity index (χ2n) is 2.93. The molecule has 0 aliphatic rings. The van der Waals surface area contributed by atoms with Crippen LogP contribution in [0.2, 0.25) is 0 Å². The van der Waals surface area contributed by atoms with E-state index < -0.39 is 6.29 Å². The normalized spacial score (nSPS) is 11.5. The summed E-state index contributed by atoms with van der Waals surface area (Å²) in [6.45, 7) is 3.95. The maximum atomic E-state index is 8.56. The van der Waals surface area contributed by atoms with Crippen molar-refractivity contribution in [3.05, 3.63) is 0 Å². The summed E-state index contributed by atoms with van der Waals surface area (Å²) in [6, 6.07) is 0. The molecule has 0 aromatic rings. The van der Waals surface area contributed by atoms with Crippen molar-refractivity contribution in [3.63, 3.8) is 0 Å². The molecule has 0 saturated heterocycles. The molecule has 0 radical (unpaired) electrons. The lowest BCUT2D eigenvalue weighted by Crippen LogP contribution is -2.24. The Morgan fingerprint density at radius 2 is 1.91 bits per heavy atom. The summed E-state index contributed by atoms with van der Waals surface area (Å²) >= 11 is 0. The van der Waals surface area contributed by atoms with Gasteiger partial charge in [-0.3, -0.25) is 0 Å². The molecule has 0 amide bonds. The summed E-state index contributed by atoms with van der Waals surface area (Å²) in [4.78, 5) is 2.11. The smallest absolute Gasteiger partial charge is 0.152 e.